The van der Waals surface area contributed by atoms with Gasteiger partial charge in [-0.3, -0.25) is 9.59 Å². The van der Waals surface area contributed by atoms with E-state index in [0.29, 0.717) is 32.4 Å². The molecule has 0 unspecified atom stereocenters. The van der Waals surface area contributed by atoms with E-state index in [1.165, 1.54) is 57.8 Å². The summed E-state index contributed by atoms with van der Waals surface area (Å²) in [7, 11) is 0. The molecule has 0 aromatic heterocycles. The minimum atomic E-state index is -0.0753. The summed E-state index contributed by atoms with van der Waals surface area (Å²) in [5, 5.41) is 14.0. The molecule has 0 rings (SSSR count). The lowest BCUT2D eigenvalue weighted by Crippen LogP contribution is -2.28. The molecule has 0 aromatic rings. The number of hydrogen-bond acceptors (Lipinski definition) is 3. The predicted octanol–water partition coefficient (Wildman–Crippen LogP) is 3.69. The molecule has 0 fully saturated rings. The number of amides is 2. The Kier molecular flexibility index (Phi) is 18.4. The third-order valence-corrected chi connectivity index (χ3v) is 4.34. The molecule has 0 spiro atoms. The normalized spacial score (nSPS) is 10.6. The maximum atomic E-state index is 11.7. The van der Waals surface area contributed by atoms with Crippen LogP contribution in [0.5, 0.6) is 0 Å². The molecular formula is C20H40N2O3. The zero-order valence-corrected chi connectivity index (χ0v) is 16.3. The first-order chi connectivity index (χ1) is 12.2. The Labute approximate surface area is 154 Å². The number of unbranched alkanes of at least 4 members (excludes halogenated alkanes) is 10. The molecule has 5 nitrogen and oxygen atoms in total. The van der Waals surface area contributed by atoms with Crippen molar-refractivity contribution in [2.75, 3.05) is 19.7 Å². The second kappa shape index (κ2) is 19.2. The average molecular weight is 357 g/mol. The highest BCUT2D eigenvalue weighted by Crippen LogP contribution is 2.11. The molecule has 148 valence electrons. The topological polar surface area (TPSA) is 78.4 Å². The molecule has 0 aliphatic rings. The molecule has 0 saturated heterocycles. The highest BCUT2D eigenvalue weighted by Gasteiger charge is 2.03. The molecule has 0 bridgehead atoms. The number of aliphatic hydroxyl groups is 1. The lowest BCUT2D eigenvalue weighted by atomic mass is 10.1. The third-order valence-electron chi connectivity index (χ3n) is 4.34. The molecule has 3 N–H and O–H groups in total. The first kappa shape index (κ1) is 23.9. The second-order valence-corrected chi connectivity index (χ2v) is 6.81. The van der Waals surface area contributed by atoms with E-state index in [1.807, 2.05) is 0 Å². The fraction of sp³-hybridized carbons (Fsp3) is 0.900. The number of carbonyl (C=O) groups is 2. The molecular weight excluding hydrogens is 316 g/mol. The van der Waals surface area contributed by atoms with Crippen LogP contribution in [0.2, 0.25) is 0 Å². The number of rotatable bonds is 18. The van der Waals surface area contributed by atoms with Gasteiger partial charge in [-0.25, -0.2) is 0 Å². The summed E-state index contributed by atoms with van der Waals surface area (Å²) in [4.78, 5) is 23.0. The van der Waals surface area contributed by atoms with Gasteiger partial charge in [-0.1, -0.05) is 71.1 Å². The Bertz CT molecular complexity index is 322. The van der Waals surface area contributed by atoms with Crippen molar-refractivity contribution in [3.63, 3.8) is 0 Å². The van der Waals surface area contributed by atoms with Gasteiger partial charge in [0.05, 0.1) is 6.61 Å². The lowest BCUT2D eigenvalue weighted by molar-refractivity contribution is -0.123. The van der Waals surface area contributed by atoms with E-state index < -0.39 is 0 Å². The molecule has 0 heterocycles. The van der Waals surface area contributed by atoms with E-state index in [1.54, 1.807) is 0 Å². The van der Waals surface area contributed by atoms with Crippen molar-refractivity contribution in [3.8, 4) is 0 Å². The molecule has 0 aromatic carbocycles. The van der Waals surface area contributed by atoms with Gasteiger partial charge in [0.15, 0.2) is 0 Å². The van der Waals surface area contributed by atoms with Crippen LogP contribution in [0, 0.1) is 0 Å². The van der Waals surface area contributed by atoms with E-state index in [4.69, 9.17) is 5.11 Å². The van der Waals surface area contributed by atoms with Crippen LogP contribution in [0.25, 0.3) is 0 Å². The molecule has 25 heavy (non-hydrogen) atoms. The highest BCUT2D eigenvalue weighted by molar-refractivity contribution is 5.77. The molecule has 0 aliphatic carbocycles. The molecule has 0 radical (unpaired) electrons. The Morgan fingerprint density at radius 1 is 0.640 bits per heavy atom. The molecule has 5 heteroatoms. The van der Waals surface area contributed by atoms with E-state index in [2.05, 4.69) is 17.6 Å². The van der Waals surface area contributed by atoms with Crippen LogP contribution in [0.15, 0.2) is 0 Å². The van der Waals surface area contributed by atoms with Crippen LogP contribution in [-0.4, -0.2) is 36.6 Å². The Morgan fingerprint density at radius 2 is 1.08 bits per heavy atom. The maximum Gasteiger partial charge on any atom is 0.220 e. The summed E-state index contributed by atoms with van der Waals surface area (Å²) in [6.07, 6.45) is 15.8. The van der Waals surface area contributed by atoms with Crippen molar-refractivity contribution in [1.29, 1.82) is 0 Å². The molecule has 0 aliphatic heterocycles. The SMILES string of the molecule is CCCCCCCCCCCCCC(=O)NCCCC(=O)NCCO. The third kappa shape index (κ3) is 19.1. The van der Waals surface area contributed by atoms with Crippen molar-refractivity contribution in [2.24, 2.45) is 0 Å². The smallest absolute Gasteiger partial charge is 0.220 e. The first-order valence-corrected chi connectivity index (χ1v) is 10.3. The predicted molar refractivity (Wildman–Crippen MR) is 103 cm³/mol. The van der Waals surface area contributed by atoms with Crippen LogP contribution in [0.1, 0.15) is 96.8 Å². The summed E-state index contributed by atoms with van der Waals surface area (Å²) in [5.74, 6) is 0.0142. The van der Waals surface area contributed by atoms with E-state index in [0.717, 1.165) is 12.8 Å². The van der Waals surface area contributed by atoms with Crippen LogP contribution >= 0.6 is 0 Å². The number of nitrogens with one attached hydrogen (secondary N) is 2. The van der Waals surface area contributed by atoms with Crippen molar-refractivity contribution in [3.05, 3.63) is 0 Å². The number of carbonyl (C=O) groups excluding carboxylic acids is 2. The monoisotopic (exact) mass is 356 g/mol. The van der Waals surface area contributed by atoms with Gasteiger partial charge in [-0.2, -0.15) is 0 Å². The van der Waals surface area contributed by atoms with E-state index >= 15 is 0 Å². The molecule has 0 atom stereocenters. The summed E-state index contributed by atoms with van der Waals surface area (Å²) in [6.45, 7) is 3.05. The average Bonchev–Trinajstić information content (AvgIpc) is 2.61. The van der Waals surface area contributed by atoms with Crippen LogP contribution in [-0.2, 0) is 9.59 Å². The van der Waals surface area contributed by atoms with Gasteiger partial charge in [-0.05, 0) is 12.8 Å². The Hall–Kier alpha value is -1.10. The zero-order valence-electron chi connectivity index (χ0n) is 16.3. The fourth-order valence-corrected chi connectivity index (χ4v) is 2.80. The van der Waals surface area contributed by atoms with Gasteiger partial charge in [0.2, 0.25) is 11.8 Å². The van der Waals surface area contributed by atoms with E-state index in [9.17, 15) is 9.59 Å². The largest absolute Gasteiger partial charge is 0.395 e. The van der Waals surface area contributed by atoms with Crippen molar-refractivity contribution >= 4 is 11.8 Å². The molecule has 2 amide bonds. The van der Waals surface area contributed by atoms with Gasteiger partial charge in [0.25, 0.3) is 0 Å². The first-order valence-electron chi connectivity index (χ1n) is 10.3. The van der Waals surface area contributed by atoms with Gasteiger partial charge >= 0.3 is 0 Å². The van der Waals surface area contributed by atoms with E-state index in [-0.39, 0.29) is 18.4 Å². The second-order valence-electron chi connectivity index (χ2n) is 6.81. The van der Waals surface area contributed by atoms with Gasteiger partial charge in [0, 0.05) is 25.9 Å². The summed E-state index contributed by atoms with van der Waals surface area (Å²) >= 11 is 0. The minimum absolute atomic E-state index is 0.0402. The lowest BCUT2D eigenvalue weighted by Gasteiger charge is -2.06. The maximum absolute atomic E-state index is 11.7. The standard InChI is InChI=1S/C20H40N2O3/c1-2-3-4-5-6-7-8-9-10-11-12-14-19(24)21-16-13-15-20(25)22-17-18-23/h23H,2-18H2,1H3,(H,21,24)(H,22,25). The van der Waals surface area contributed by atoms with Crippen molar-refractivity contribution in [2.45, 2.75) is 96.8 Å². The summed E-state index contributed by atoms with van der Waals surface area (Å²) in [6, 6.07) is 0. The highest BCUT2D eigenvalue weighted by atomic mass is 16.3. The van der Waals surface area contributed by atoms with Crippen molar-refractivity contribution in [1.82, 2.24) is 10.6 Å². The number of aliphatic hydroxyl groups excluding tert-OH is 1. The molecule has 0 saturated carbocycles. The quantitative estimate of drug-likeness (QED) is 0.328. The Morgan fingerprint density at radius 3 is 1.60 bits per heavy atom. The van der Waals surface area contributed by atoms with Crippen LogP contribution in [0.4, 0.5) is 0 Å². The van der Waals surface area contributed by atoms with Crippen LogP contribution < -0.4 is 10.6 Å². The summed E-state index contributed by atoms with van der Waals surface area (Å²) in [5.41, 5.74) is 0. The number of hydrogen-bond donors (Lipinski definition) is 3. The van der Waals surface area contributed by atoms with Gasteiger partial charge in [-0.15, -0.1) is 0 Å². The van der Waals surface area contributed by atoms with Crippen LogP contribution in [0.3, 0.4) is 0 Å². The zero-order chi connectivity index (χ0) is 18.6. The minimum Gasteiger partial charge on any atom is -0.395 e. The van der Waals surface area contributed by atoms with Crippen molar-refractivity contribution < 1.29 is 14.7 Å². The summed E-state index contributed by atoms with van der Waals surface area (Å²) < 4.78 is 0. The van der Waals surface area contributed by atoms with Gasteiger partial charge < -0.3 is 15.7 Å². The van der Waals surface area contributed by atoms with Gasteiger partial charge in [0.1, 0.15) is 0 Å². The Balaban J connectivity index is 3.24. The fourth-order valence-electron chi connectivity index (χ4n) is 2.80.